The first-order valence-corrected chi connectivity index (χ1v) is 9.16. The lowest BCUT2D eigenvalue weighted by molar-refractivity contribution is 0.414. The molecule has 21 heavy (non-hydrogen) atoms. The molecule has 0 N–H and O–H groups in total. The Bertz CT molecular complexity index is 738. The van der Waals surface area contributed by atoms with E-state index < -0.39 is 10.0 Å². The van der Waals surface area contributed by atoms with Gasteiger partial charge in [0, 0.05) is 36.4 Å². The number of thiophene rings is 1. The highest BCUT2D eigenvalue weighted by Crippen LogP contribution is 2.31. The molecule has 0 aliphatic carbocycles. The first-order valence-electron chi connectivity index (χ1n) is 6.04. The molecule has 0 saturated heterocycles. The van der Waals surface area contributed by atoms with Crippen molar-refractivity contribution in [2.45, 2.75) is 17.2 Å². The molecule has 0 aliphatic rings. The van der Waals surface area contributed by atoms with Gasteiger partial charge in [0.2, 0.25) is 0 Å². The minimum atomic E-state index is -3.63. The van der Waals surface area contributed by atoms with Gasteiger partial charge in [-0.3, -0.25) is 4.98 Å². The van der Waals surface area contributed by atoms with Gasteiger partial charge in [-0.2, -0.15) is 9.57 Å². The van der Waals surface area contributed by atoms with Crippen molar-refractivity contribution in [1.29, 1.82) is 5.26 Å². The molecule has 0 radical (unpaired) electrons. The Hall–Kier alpha value is -1.27. The summed E-state index contributed by atoms with van der Waals surface area (Å²) in [6.45, 7) is 0.347. The lowest BCUT2D eigenvalue weighted by atomic mass is 10.3. The van der Waals surface area contributed by atoms with Gasteiger partial charge in [0.05, 0.1) is 6.07 Å². The van der Waals surface area contributed by atoms with E-state index in [4.69, 9.17) is 5.26 Å². The van der Waals surface area contributed by atoms with Crippen LogP contribution in [-0.4, -0.2) is 24.3 Å². The number of hydrogen-bond acceptors (Lipinski definition) is 5. The monoisotopic (exact) mass is 385 g/mol. The van der Waals surface area contributed by atoms with Crippen LogP contribution in [0.3, 0.4) is 0 Å². The third-order valence-corrected chi connectivity index (χ3v) is 7.21. The second kappa shape index (κ2) is 7.13. The maximum Gasteiger partial charge on any atom is 0.254 e. The molecule has 0 aliphatic heterocycles. The highest BCUT2D eigenvalue weighted by molar-refractivity contribution is 9.10. The normalized spacial score (nSPS) is 11.5. The predicted molar refractivity (Wildman–Crippen MR) is 84.1 cm³/mol. The predicted octanol–water partition coefficient (Wildman–Crippen LogP) is 3.01. The lowest BCUT2D eigenvalue weighted by Crippen LogP contribution is -2.31. The molecule has 0 saturated carbocycles. The van der Waals surface area contributed by atoms with Gasteiger partial charge in [0.15, 0.2) is 0 Å². The molecule has 0 bridgehead atoms. The Morgan fingerprint density at radius 2 is 2.24 bits per heavy atom. The molecule has 0 amide bonds. The molecule has 2 heterocycles. The summed E-state index contributed by atoms with van der Waals surface area (Å²) >= 11 is 4.41. The molecule has 0 aromatic carbocycles. The number of sulfonamides is 1. The Morgan fingerprint density at radius 3 is 2.81 bits per heavy atom. The standard InChI is InChI=1S/C13H12BrN3O2S2/c14-12-4-8-20-13(12)21(18,19)17(7-2-5-15)10-11-3-1-6-16-9-11/h1,3-4,6,8-9H,2,7,10H2. The van der Waals surface area contributed by atoms with E-state index in [1.54, 1.807) is 29.9 Å². The zero-order valence-electron chi connectivity index (χ0n) is 10.9. The van der Waals surface area contributed by atoms with Crippen LogP contribution in [-0.2, 0) is 16.6 Å². The molecular formula is C13H12BrN3O2S2. The summed E-state index contributed by atoms with van der Waals surface area (Å²) < 4.78 is 27.5. The zero-order valence-corrected chi connectivity index (χ0v) is 14.2. The van der Waals surface area contributed by atoms with E-state index in [0.717, 1.165) is 16.9 Å². The summed E-state index contributed by atoms with van der Waals surface area (Å²) in [6, 6.07) is 7.25. The highest BCUT2D eigenvalue weighted by atomic mass is 79.9. The Morgan fingerprint density at radius 1 is 1.43 bits per heavy atom. The largest absolute Gasteiger partial charge is 0.264 e. The number of rotatable bonds is 6. The zero-order chi connectivity index (χ0) is 15.3. The van der Waals surface area contributed by atoms with E-state index in [1.165, 1.54) is 4.31 Å². The minimum absolute atomic E-state index is 0.141. The van der Waals surface area contributed by atoms with Crippen LogP contribution in [0.15, 0.2) is 44.7 Å². The van der Waals surface area contributed by atoms with Gasteiger partial charge in [0.25, 0.3) is 10.0 Å². The maximum atomic E-state index is 12.7. The number of aromatic nitrogens is 1. The van der Waals surface area contributed by atoms with Crippen LogP contribution in [0.1, 0.15) is 12.0 Å². The third-order valence-electron chi connectivity index (χ3n) is 2.71. The van der Waals surface area contributed by atoms with Gasteiger partial charge < -0.3 is 0 Å². The van der Waals surface area contributed by atoms with E-state index in [0.29, 0.717) is 4.47 Å². The molecule has 110 valence electrons. The van der Waals surface area contributed by atoms with Gasteiger partial charge in [-0.15, -0.1) is 11.3 Å². The molecule has 0 atom stereocenters. The summed E-state index contributed by atoms with van der Waals surface area (Å²) in [5, 5.41) is 10.5. The fourth-order valence-corrected chi connectivity index (χ4v) is 5.61. The number of nitriles is 1. The van der Waals surface area contributed by atoms with Crippen molar-refractivity contribution in [1.82, 2.24) is 9.29 Å². The molecule has 2 aromatic rings. The van der Waals surface area contributed by atoms with Crippen molar-refractivity contribution < 1.29 is 8.42 Å². The third kappa shape index (κ3) is 3.89. The molecule has 0 unspecified atom stereocenters. The van der Waals surface area contributed by atoms with Crippen molar-refractivity contribution in [3.8, 4) is 6.07 Å². The fourth-order valence-electron chi connectivity index (χ4n) is 1.74. The van der Waals surface area contributed by atoms with Crippen LogP contribution in [0.4, 0.5) is 0 Å². The van der Waals surface area contributed by atoms with Crippen LogP contribution in [0, 0.1) is 11.3 Å². The second-order valence-corrected chi connectivity index (χ2v) is 8.07. The van der Waals surface area contributed by atoms with Gasteiger partial charge in [-0.05, 0) is 39.0 Å². The summed E-state index contributed by atoms with van der Waals surface area (Å²) in [4.78, 5) is 3.99. The molecule has 8 heteroatoms. The van der Waals surface area contributed by atoms with E-state index in [-0.39, 0.29) is 23.7 Å². The van der Waals surface area contributed by atoms with Crippen molar-refractivity contribution in [2.75, 3.05) is 6.54 Å². The average molecular weight is 386 g/mol. The van der Waals surface area contributed by atoms with E-state index >= 15 is 0 Å². The highest BCUT2D eigenvalue weighted by Gasteiger charge is 2.27. The van der Waals surface area contributed by atoms with Crippen LogP contribution >= 0.6 is 27.3 Å². The number of hydrogen-bond donors (Lipinski definition) is 0. The Balaban J connectivity index is 2.32. The molecule has 5 nitrogen and oxygen atoms in total. The quantitative estimate of drug-likeness (QED) is 0.765. The lowest BCUT2D eigenvalue weighted by Gasteiger charge is -2.20. The smallest absolute Gasteiger partial charge is 0.254 e. The number of halogens is 1. The second-order valence-electron chi connectivity index (χ2n) is 4.16. The minimum Gasteiger partial charge on any atom is -0.264 e. The molecule has 2 aromatic heterocycles. The van der Waals surface area contributed by atoms with Gasteiger partial charge in [-0.1, -0.05) is 6.07 Å². The van der Waals surface area contributed by atoms with Gasteiger partial charge in [-0.25, -0.2) is 8.42 Å². The van der Waals surface area contributed by atoms with Crippen molar-refractivity contribution in [3.05, 3.63) is 46.0 Å². The molecule has 0 spiro atoms. The molecular weight excluding hydrogens is 374 g/mol. The van der Waals surface area contributed by atoms with Gasteiger partial charge >= 0.3 is 0 Å². The van der Waals surface area contributed by atoms with Gasteiger partial charge in [0.1, 0.15) is 4.21 Å². The maximum absolute atomic E-state index is 12.7. The Labute approximate surface area is 136 Å². The van der Waals surface area contributed by atoms with Crippen LogP contribution in [0.5, 0.6) is 0 Å². The number of nitrogens with zero attached hydrogens (tertiary/aromatic N) is 3. The van der Waals surface area contributed by atoms with Crippen LogP contribution in [0.2, 0.25) is 0 Å². The summed E-state index contributed by atoms with van der Waals surface area (Å²) in [5.41, 5.74) is 0.784. The van der Waals surface area contributed by atoms with E-state index in [2.05, 4.69) is 20.9 Å². The summed E-state index contributed by atoms with van der Waals surface area (Å²) in [7, 11) is -3.63. The fraction of sp³-hybridized carbons (Fsp3) is 0.231. The van der Waals surface area contributed by atoms with E-state index in [1.807, 2.05) is 12.1 Å². The summed E-state index contributed by atoms with van der Waals surface area (Å²) in [5.74, 6) is 0. The summed E-state index contributed by atoms with van der Waals surface area (Å²) in [6.07, 6.45) is 3.40. The van der Waals surface area contributed by atoms with Crippen molar-refractivity contribution in [3.63, 3.8) is 0 Å². The average Bonchev–Trinajstić information content (AvgIpc) is 2.91. The Kier molecular flexibility index (Phi) is 5.47. The first-order chi connectivity index (χ1) is 10.1. The molecule has 0 fully saturated rings. The van der Waals surface area contributed by atoms with E-state index in [9.17, 15) is 8.42 Å². The van der Waals surface area contributed by atoms with Crippen molar-refractivity contribution in [2.24, 2.45) is 0 Å². The van der Waals surface area contributed by atoms with Crippen LogP contribution < -0.4 is 0 Å². The first kappa shape index (κ1) is 16.1. The van der Waals surface area contributed by atoms with Crippen molar-refractivity contribution >= 4 is 37.3 Å². The SMILES string of the molecule is N#CCCN(Cc1cccnc1)S(=O)(=O)c1sccc1Br. The van der Waals surface area contributed by atoms with Crippen LogP contribution in [0.25, 0.3) is 0 Å². The molecule has 2 rings (SSSR count). The number of pyridine rings is 1. The topological polar surface area (TPSA) is 74.1 Å².